The Bertz CT molecular complexity index is 441. The standard InChI is InChI=1S/C15H22N2O3/c1-19-10-11-20-9-8-17-14(18)15(6-7-15)12-2-4-13(16)5-3-12/h2-5H,6-11,16H2,1H3,(H,17,18). The van der Waals surface area contributed by atoms with Crippen LogP contribution in [0.4, 0.5) is 5.69 Å². The van der Waals surface area contributed by atoms with Gasteiger partial charge < -0.3 is 20.5 Å². The van der Waals surface area contributed by atoms with Crippen molar-refractivity contribution in [3.8, 4) is 0 Å². The Balaban J connectivity index is 1.78. The average molecular weight is 278 g/mol. The molecule has 0 spiro atoms. The predicted molar refractivity (Wildman–Crippen MR) is 77.5 cm³/mol. The third kappa shape index (κ3) is 3.49. The molecule has 110 valence electrons. The van der Waals surface area contributed by atoms with Gasteiger partial charge in [0.15, 0.2) is 0 Å². The summed E-state index contributed by atoms with van der Waals surface area (Å²) in [5.74, 6) is 0.0811. The van der Waals surface area contributed by atoms with E-state index in [9.17, 15) is 4.79 Å². The van der Waals surface area contributed by atoms with Gasteiger partial charge in [0.2, 0.25) is 5.91 Å². The molecule has 2 rings (SSSR count). The lowest BCUT2D eigenvalue weighted by Gasteiger charge is -2.16. The quantitative estimate of drug-likeness (QED) is 0.551. The van der Waals surface area contributed by atoms with Crippen LogP contribution in [0.15, 0.2) is 24.3 Å². The molecule has 0 atom stereocenters. The summed E-state index contributed by atoms with van der Waals surface area (Å²) in [7, 11) is 1.63. The number of anilines is 1. The van der Waals surface area contributed by atoms with Gasteiger partial charge in [-0.05, 0) is 30.5 Å². The molecular weight excluding hydrogens is 256 g/mol. The molecule has 1 fully saturated rings. The number of rotatable bonds is 8. The van der Waals surface area contributed by atoms with Crippen LogP contribution in [0.3, 0.4) is 0 Å². The normalized spacial score (nSPS) is 15.8. The summed E-state index contributed by atoms with van der Waals surface area (Å²) in [6.07, 6.45) is 1.79. The molecule has 5 nitrogen and oxygen atoms in total. The number of methoxy groups -OCH3 is 1. The van der Waals surface area contributed by atoms with Crippen LogP contribution >= 0.6 is 0 Å². The second-order valence-electron chi connectivity index (χ2n) is 5.07. The molecule has 0 bridgehead atoms. The van der Waals surface area contributed by atoms with Crippen LogP contribution < -0.4 is 11.1 Å². The maximum Gasteiger partial charge on any atom is 0.230 e. The summed E-state index contributed by atoms with van der Waals surface area (Å²) in [4.78, 5) is 12.3. The molecule has 0 radical (unpaired) electrons. The van der Waals surface area contributed by atoms with Gasteiger partial charge in [-0.2, -0.15) is 0 Å². The molecule has 3 N–H and O–H groups in total. The van der Waals surface area contributed by atoms with Crippen molar-refractivity contribution in [1.82, 2.24) is 5.32 Å². The zero-order chi connectivity index (χ0) is 14.4. The lowest BCUT2D eigenvalue weighted by Crippen LogP contribution is -2.36. The molecule has 1 aromatic carbocycles. The van der Waals surface area contributed by atoms with Crippen LogP contribution in [0, 0.1) is 0 Å². The number of nitrogen functional groups attached to an aromatic ring is 1. The largest absolute Gasteiger partial charge is 0.399 e. The highest BCUT2D eigenvalue weighted by Crippen LogP contribution is 2.48. The van der Waals surface area contributed by atoms with E-state index in [1.54, 1.807) is 7.11 Å². The average Bonchev–Trinajstić information content (AvgIpc) is 3.25. The molecule has 20 heavy (non-hydrogen) atoms. The van der Waals surface area contributed by atoms with Gasteiger partial charge in [-0.15, -0.1) is 0 Å². The second kappa shape index (κ2) is 6.72. The van der Waals surface area contributed by atoms with Crippen molar-refractivity contribution in [2.24, 2.45) is 0 Å². The lowest BCUT2D eigenvalue weighted by molar-refractivity contribution is -0.123. The topological polar surface area (TPSA) is 73.6 Å². The van der Waals surface area contributed by atoms with Gasteiger partial charge in [-0.25, -0.2) is 0 Å². The highest BCUT2D eigenvalue weighted by Gasteiger charge is 2.50. The number of hydrogen-bond acceptors (Lipinski definition) is 4. The number of nitrogens with one attached hydrogen (secondary N) is 1. The van der Waals surface area contributed by atoms with Crippen molar-refractivity contribution in [2.45, 2.75) is 18.3 Å². The van der Waals surface area contributed by atoms with Crippen LogP contribution in [0.25, 0.3) is 0 Å². The molecule has 1 aliphatic rings. The Morgan fingerprint density at radius 3 is 2.55 bits per heavy atom. The fourth-order valence-corrected chi connectivity index (χ4v) is 2.22. The number of hydrogen-bond donors (Lipinski definition) is 2. The number of carbonyl (C=O) groups excluding carboxylic acids is 1. The zero-order valence-corrected chi connectivity index (χ0v) is 11.9. The number of benzene rings is 1. The minimum absolute atomic E-state index is 0.0811. The van der Waals surface area contributed by atoms with E-state index in [4.69, 9.17) is 15.2 Å². The second-order valence-corrected chi connectivity index (χ2v) is 5.07. The Morgan fingerprint density at radius 2 is 1.95 bits per heavy atom. The maximum atomic E-state index is 12.3. The van der Waals surface area contributed by atoms with Gasteiger partial charge >= 0.3 is 0 Å². The van der Waals surface area contributed by atoms with Gasteiger partial charge in [0.25, 0.3) is 0 Å². The summed E-state index contributed by atoms with van der Waals surface area (Å²) in [6, 6.07) is 7.57. The van der Waals surface area contributed by atoms with Crippen LogP contribution in [0.1, 0.15) is 18.4 Å². The van der Waals surface area contributed by atoms with Crippen molar-refractivity contribution in [1.29, 1.82) is 0 Å². The first-order valence-electron chi connectivity index (χ1n) is 6.90. The summed E-state index contributed by atoms with van der Waals surface area (Å²) in [5.41, 5.74) is 7.10. The third-order valence-electron chi connectivity index (χ3n) is 3.61. The van der Waals surface area contributed by atoms with E-state index in [-0.39, 0.29) is 11.3 Å². The molecule has 1 aromatic rings. The van der Waals surface area contributed by atoms with Crippen LogP contribution in [-0.2, 0) is 19.7 Å². The highest BCUT2D eigenvalue weighted by atomic mass is 16.5. The summed E-state index contributed by atoms with van der Waals surface area (Å²) < 4.78 is 10.2. The van der Waals surface area contributed by atoms with Crippen LogP contribution in [0.5, 0.6) is 0 Å². The molecule has 0 unspecified atom stereocenters. The monoisotopic (exact) mass is 278 g/mol. The SMILES string of the molecule is COCCOCCNC(=O)C1(c2ccc(N)cc2)CC1. The Hall–Kier alpha value is -1.59. The molecule has 0 heterocycles. The zero-order valence-electron chi connectivity index (χ0n) is 11.9. The van der Waals surface area contributed by atoms with E-state index in [0.29, 0.717) is 26.4 Å². The Labute approximate surface area is 119 Å². The van der Waals surface area contributed by atoms with Crippen molar-refractivity contribution in [3.63, 3.8) is 0 Å². The van der Waals surface area contributed by atoms with E-state index in [0.717, 1.165) is 24.1 Å². The first-order chi connectivity index (χ1) is 9.69. The summed E-state index contributed by atoms with van der Waals surface area (Å²) >= 11 is 0. The predicted octanol–water partition coefficient (Wildman–Crippen LogP) is 1.08. The Morgan fingerprint density at radius 1 is 1.25 bits per heavy atom. The van der Waals surface area contributed by atoms with Crippen molar-refractivity contribution >= 4 is 11.6 Å². The fraction of sp³-hybridized carbons (Fsp3) is 0.533. The van der Waals surface area contributed by atoms with E-state index in [2.05, 4.69) is 5.32 Å². The van der Waals surface area contributed by atoms with E-state index in [1.807, 2.05) is 24.3 Å². The van der Waals surface area contributed by atoms with Crippen molar-refractivity contribution in [2.75, 3.05) is 39.2 Å². The van der Waals surface area contributed by atoms with E-state index in [1.165, 1.54) is 0 Å². The summed E-state index contributed by atoms with van der Waals surface area (Å²) in [6.45, 7) is 2.16. The molecule has 0 aliphatic heterocycles. The fourth-order valence-electron chi connectivity index (χ4n) is 2.22. The minimum atomic E-state index is -0.347. The number of ether oxygens (including phenoxy) is 2. The van der Waals surface area contributed by atoms with E-state index < -0.39 is 0 Å². The molecule has 1 aliphatic carbocycles. The van der Waals surface area contributed by atoms with Crippen molar-refractivity contribution in [3.05, 3.63) is 29.8 Å². The molecule has 1 saturated carbocycles. The molecule has 0 aromatic heterocycles. The molecular formula is C15H22N2O3. The third-order valence-corrected chi connectivity index (χ3v) is 3.61. The smallest absolute Gasteiger partial charge is 0.230 e. The molecule has 5 heteroatoms. The van der Waals surface area contributed by atoms with E-state index >= 15 is 0 Å². The summed E-state index contributed by atoms with van der Waals surface area (Å²) in [5, 5.41) is 2.94. The minimum Gasteiger partial charge on any atom is -0.399 e. The van der Waals surface area contributed by atoms with Gasteiger partial charge in [0, 0.05) is 19.3 Å². The van der Waals surface area contributed by atoms with Gasteiger partial charge in [-0.3, -0.25) is 4.79 Å². The van der Waals surface area contributed by atoms with Crippen molar-refractivity contribution < 1.29 is 14.3 Å². The highest BCUT2D eigenvalue weighted by molar-refractivity contribution is 5.91. The van der Waals surface area contributed by atoms with Gasteiger partial charge in [0.05, 0.1) is 25.2 Å². The number of amides is 1. The number of carbonyl (C=O) groups is 1. The lowest BCUT2D eigenvalue weighted by atomic mass is 9.95. The van der Waals surface area contributed by atoms with Crippen LogP contribution in [-0.4, -0.2) is 39.4 Å². The maximum absolute atomic E-state index is 12.3. The first kappa shape index (κ1) is 14.8. The Kier molecular flexibility index (Phi) is 4.98. The molecule has 0 saturated heterocycles. The first-order valence-corrected chi connectivity index (χ1v) is 6.90. The van der Waals surface area contributed by atoms with Gasteiger partial charge in [-0.1, -0.05) is 12.1 Å². The van der Waals surface area contributed by atoms with Gasteiger partial charge in [0.1, 0.15) is 0 Å². The van der Waals surface area contributed by atoms with Crippen LogP contribution in [0.2, 0.25) is 0 Å². The number of nitrogens with two attached hydrogens (primary N) is 1. The molecule has 1 amide bonds.